The SMILES string of the molecule is COc1cccc(N(C)C(C)C)c1[C@H](C)O. The average molecular weight is 223 g/mol. The third-order valence-electron chi connectivity index (χ3n) is 2.84. The van der Waals surface area contributed by atoms with Crippen LogP contribution in [0.15, 0.2) is 18.2 Å². The molecule has 0 fully saturated rings. The summed E-state index contributed by atoms with van der Waals surface area (Å²) in [6.07, 6.45) is -0.535. The Morgan fingerprint density at radius 1 is 1.25 bits per heavy atom. The topological polar surface area (TPSA) is 32.7 Å². The maximum atomic E-state index is 9.84. The van der Waals surface area contributed by atoms with Crippen LogP contribution in [-0.4, -0.2) is 25.3 Å². The zero-order valence-electron chi connectivity index (χ0n) is 10.7. The van der Waals surface area contributed by atoms with Crippen LogP contribution in [0.2, 0.25) is 0 Å². The second-order valence-electron chi connectivity index (χ2n) is 4.27. The third kappa shape index (κ3) is 2.47. The summed E-state index contributed by atoms with van der Waals surface area (Å²) < 4.78 is 5.29. The predicted molar refractivity (Wildman–Crippen MR) is 67.2 cm³/mol. The smallest absolute Gasteiger partial charge is 0.126 e. The Balaban J connectivity index is 3.27. The Bertz CT molecular complexity index is 348. The largest absolute Gasteiger partial charge is 0.496 e. The zero-order chi connectivity index (χ0) is 12.3. The molecule has 0 aromatic heterocycles. The van der Waals surface area contributed by atoms with Gasteiger partial charge in [0.1, 0.15) is 5.75 Å². The molecule has 0 unspecified atom stereocenters. The first kappa shape index (κ1) is 12.8. The van der Waals surface area contributed by atoms with Crippen LogP contribution >= 0.6 is 0 Å². The summed E-state index contributed by atoms with van der Waals surface area (Å²) in [4.78, 5) is 2.13. The number of aliphatic hydroxyl groups is 1. The molecule has 1 N–H and O–H groups in total. The van der Waals surface area contributed by atoms with Crippen molar-refractivity contribution in [2.24, 2.45) is 0 Å². The van der Waals surface area contributed by atoms with Gasteiger partial charge >= 0.3 is 0 Å². The van der Waals surface area contributed by atoms with E-state index in [1.165, 1.54) is 0 Å². The molecule has 0 aliphatic rings. The second-order valence-corrected chi connectivity index (χ2v) is 4.27. The highest BCUT2D eigenvalue weighted by Crippen LogP contribution is 2.34. The van der Waals surface area contributed by atoms with Gasteiger partial charge in [0.05, 0.1) is 13.2 Å². The fourth-order valence-corrected chi connectivity index (χ4v) is 1.72. The average Bonchev–Trinajstić information content (AvgIpc) is 2.26. The van der Waals surface area contributed by atoms with Gasteiger partial charge in [-0.05, 0) is 32.9 Å². The fourth-order valence-electron chi connectivity index (χ4n) is 1.72. The number of hydrogen-bond donors (Lipinski definition) is 1. The Kier molecular flexibility index (Phi) is 4.19. The van der Waals surface area contributed by atoms with Crippen molar-refractivity contribution in [2.45, 2.75) is 32.9 Å². The molecule has 16 heavy (non-hydrogen) atoms. The highest BCUT2D eigenvalue weighted by Gasteiger charge is 2.17. The lowest BCUT2D eigenvalue weighted by Gasteiger charge is -2.28. The maximum absolute atomic E-state index is 9.84. The van der Waals surface area contributed by atoms with E-state index < -0.39 is 6.10 Å². The Morgan fingerprint density at radius 3 is 2.31 bits per heavy atom. The second kappa shape index (κ2) is 5.21. The molecule has 0 saturated carbocycles. The lowest BCUT2D eigenvalue weighted by molar-refractivity contribution is 0.194. The molecule has 1 atom stereocenters. The molecular formula is C13H21NO2. The van der Waals surface area contributed by atoms with Crippen molar-refractivity contribution >= 4 is 5.69 Å². The summed E-state index contributed by atoms with van der Waals surface area (Å²) in [5.74, 6) is 0.736. The summed E-state index contributed by atoms with van der Waals surface area (Å²) >= 11 is 0. The summed E-state index contributed by atoms with van der Waals surface area (Å²) in [6, 6.07) is 6.20. The molecule has 1 rings (SSSR count). The van der Waals surface area contributed by atoms with Crippen LogP contribution in [0.4, 0.5) is 5.69 Å². The van der Waals surface area contributed by atoms with E-state index in [0.717, 1.165) is 17.0 Å². The molecule has 3 nitrogen and oxygen atoms in total. The van der Waals surface area contributed by atoms with Gasteiger partial charge in [0.25, 0.3) is 0 Å². The molecule has 0 spiro atoms. The highest BCUT2D eigenvalue weighted by atomic mass is 16.5. The Morgan fingerprint density at radius 2 is 1.88 bits per heavy atom. The number of ether oxygens (including phenoxy) is 1. The highest BCUT2D eigenvalue weighted by molar-refractivity contribution is 5.60. The van der Waals surface area contributed by atoms with Crippen LogP contribution in [-0.2, 0) is 0 Å². The molecule has 0 heterocycles. The number of nitrogens with zero attached hydrogens (tertiary/aromatic N) is 1. The maximum Gasteiger partial charge on any atom is 0.126 e. The van der Waals surface area contributed by atoms with Crippen LogP contribution in [0.5, 0.6) is 5.75 Å². The zero-order valence-corrected chi connectivity index (χ0v) is 10.7. The Hall–Kier alpha value is -1.22. The van der Waals surface area contributed by atoms with Gasteiger partial charge in [0, 0.05) is 24.3 Å². The van der Waals surface area contributed by atoms with Gasteiger partial charge in [-0.1, -0.05) is 6.07 Å². The first-order chi connectivity index (χ1) is 7.49. The molecule has 0 aliphatic heterocycles. The summed E-state index contributed by atoms with van der Waals surface area (Å²) in [7, 11) is 3.64. The van der Waals surface area contributed by atoms with Gasteiger partial charge in [-0.3, -0.25) is 0 Å². The van der Waals surface area contributed by atoms with Crippen molar-refractivity contribution in [3.63, 3.8) is 0 Å². The van der Waals surface area contributed by atoms with Crippen molar-refractivity contribution in [1.29, 1.82) is 0 Å². The van der Waals surface area contributed by atoms with Gasteiger partial charge in [-0.2, -0.15) is 0 Å². The van der Waals surface area contributed by atoms with E-state index in [1.807, 2.05) is 25.2 Å². The van der Waals surface area contributed by atoms with Gasteiger partial charge in [0.15, 0.2) is 0 Å². The summed E-state index contributed by atoms with van der Waals surface area (Å²) in [5.41, 5.74) is 1.87. The number of benzene rings is 1. The first-order valence-corrected chi connectivity index (χ1v) is 5.56. The van der Waals surface area contributed by atoms with Gasteiger partial charge in [0.2, 0.25) is 0 Å². The number of aliphatic hydroxyl groups excluding tert-OH is 1. The number of hydrogen-bond acceptors (Lipinski definition) is 3. The number of rotatable bonds is 4. The number of anilines is 1. The standard InChI is InChI=1S/C13H21NO2/c1-9(2)14(4)11-7-6-8-12(16-5)13(11)10(3)15/h6-10,15H,1-5H3/t10-/m0/s1. The van der Waals surface area contributed by atoms with Crippen LogP contribution in [0.25, 0.3) is 0 Å². The van der Waals surface area contributed by atoms with Crippen molar-refractivity contribution in [2.75, 3.05) is 19.1 Å². The molecule has 0 saturated heterocycles. The van der Waals surface area contributed by atoms with E-state index in [9.17, 15) is 5.11 Å². The van der Waals surface area contributed by atoms with E-state index in [-0.39, 0.29) is 0 Å². The molecule has 0 radical (unpaired) electrons. The normalized spacial score (nSPS) is 12.7. The molecule has 0 bridgehead atoms. The van der Waals surface area contributed by atoms with Crippen molar-refractivity contribution in [1.82, 2.24) is 0 Å². The van der Waals surface area contributed by atoms with E-state index in [1.54, 1.807) is 14.0 Å². The van der Waals surface area contributed by atoms with Crippen molar-refractivity contribution < 1.29 is 9.84 Å². The van der Waals surface area contributed by atoms with Gasteiger partial charge in [-0.25, -0.2) is 0 Å². The van der Waals surface area contributed by atoms with Gasteiger partial charge in [-0.15, -0.1) is 0 Å². The molecule has 90 valence electrons. The summed E-state index contributed by atoms with van der Waals surface area (Å²) in [6.45, 7) is 5.99. The lowest BCUT2D eigenvalue weighted by Crippen LogP contribution is -2.27. The molecule has 0 aliphatic carbocycles. The van der Waals surface area contributed by atoms with E-state index in [2.05, 4.69) is 18.7 Å². The predicted octanol–water partition coefficient (Wildman–Crippen LogP) is 2.59. The number of methoxy groups -OCH3 is 1. The van der Waals surface area contributed by atoms with E-state index in [4.69, 9.17) is 4.74 Å². The van der Waals surface area contributed by atoms with E-state index >= 15 is 0 Å². The van der Waals surface area contributed by atoms with Crippen LogP contribution in [0.1, 0.15) is 32.4 Å². The van der Waals surface area contributed by atoms with Crippen LogP contribution < -0.4 is 9.64 Å². The Labute approximate surface area is 97.7 Å². The quantitative estimate of drug-likeness (QED) is 0.851. The lowest BCUT2D eigenvalue weighted by atomic mass is 10.1. The minimum Gasteiger partial charge on any atom is -0.496 e. The van der Waals surface area contributed by atoms with Crippen LogP contribution in [0, 0.1) is 0 Å². The first-order valence-electron chi connectivity index (χ1n) is 5.56. The molecule has 0 amide bonds. The van der Waals surface area contributed by atoms with Crippen molar-refractivity contribution in [3.05, 3.63) is 23.8 Å². The van der Waals surface area contributed by atoms with E-state index in [0.29, 0.717) is 6.04 Å². The van der Waals surface area contributed by atoms with Gasteiger partial charge < -0.3 is 14.7 Å². The molecule has 1 aromatic carbocycles. The monoisotopic (exact) mass is 223 g/mol. The third-order valence-corrected chi connectivity index (χ3v) is 2.84. The fraction of sp³-hybridized carbons (Fsp3) is 0.538. The molecule has 1 aromatic rings. The minimum atomic E-state index is -0.535. The minimum absolute atomic E-state index is 0.379. The van der Waals surface area contributed by atoms with Crippen LogP contribution in [0.3, 0.4) is 0 Å². The van der Waals surface area contributed by atoms with Crippen molar-refractivity contribution in [3.8, 4) is 5.75 Å². The summed E-state index contributed by atoms with van der Waals surface area (Å²) in [5, 5.41) is 9.84. The molecule has 3 heteroatoms. The molecular weight excluding hydrogens is 202 g/mol.